The zero-order valence-corrected chi connectivity index (χ0v) is 23.9. The second-order valence-corrected chi connectivity index (χ2v) is 11.2. The van der Waals surface area contributed by atoms with Gasteiger partial charge in [-0.05, 0) is 92.0 Å². The highest BCUT2D eigenvalue weighted by Crippen LogP contribution is 2.34. The number of carbonyl (C=O) groups is 1. The van der Waals surface area contributed by atoms with Crippen molar-refractivity contribution in [3.8, 4) is 11.1 Å². The van der Waals surface area contributed by atoms with Crippen molar-refractivity contribution in [3.05, 3.63) is 94.3 Å². The van der Waals surface area contributed by atoms with Crippen LogP contribution in [0.3, 0.4) is 0 Å². The van der Waals surface area contributed by atoms with Gasteiger partial charge in [0.1, 0.15) is 5.82 Å². The molecule has 3 N–H and O–H groups in total. The van der Waals surface area contributed by atoms with Crippen molar-refractivity contribution in [2.75, 3.05) is 13.2 Å². The average Bonchev–Trinajstić information content (AvgIpc) is 2.91. The summed E-state index contributed by atoms with van der Waals surface area (Å²) >= 11 is 0. The van der Waals surface area contributed by atoms with E-state index >= 15 is 0 Å². The highest BCUT2D eigenvalue weighted by atomic mass is 19.1. The highest BCUT2D eigenvalue weighted by Gasteiger charge is 2.22. The summed E-state index contributed by atoms with van der Waals surface area (Å²) in [5.74, 6) is -1.01. The lowest BCUT2D eigenvalue weighted by atomic mass is 9.88. The first-order valence-electron chi connectivity index (χ1n) is 13.7. The molecule has 3 aromatic rings. The predicted molar refractivity (Wildman–Crippen MR) is 155 cm³/mol. The van der Waals surface area contributed by atoms with Crippen molar-refractivity contribution < 1.29 is 24.1 Å². The van der Waals surface area contributed by atoms with Gasteiger partial charge in [0, 0.05) is 12.1 Å². The van der Waals surface area contributed by atoms with Gasteiger partial charge in [-0.3, -0.25) is 0 Å². The van der Waals surface area contributed by atoms with Crippen molar-refractivity contribution in [3.63, 3.8) is 0 Å². The number of carboxylic acid groups (broad SMARTS) is 1. The molecule has 1 unspecified atom stereocenters. The van der Waals surface area contributed by atoms with E-state index in [-0.39, 0.29) is 30.0 Å². The van der Waals surface area contributed by atoms with Crippen LogP contribution in [0, 0.1) is 12.7 Å². The van der Waals surface area contributed by atoms with Crippen molar-refractivity contribution in [1.29, 1.82) is 0 Å². The van der Waals surface area contributed by atoms with Crippen LogP contribution in [0.4, 0.5) is 4.39 Å². The number of aliphatic hydroxyl groups excluding tert-OH is 1. The van der Waals surface area contributed by atoms with Gasteiger partial charge in [0.05, 0.1) is 24.4 Å². The number of β-amino-alcohol motifs (C(OH)–C–C–N with tert-alkyl or cyclic N) is 1. The number of benzene rings is 3. The van der Waals surface area contributed by atoms with E-state index in [2.05, 4.69) is 12.2 Å². The Kier molecular flexibility index (Phi) is 10.4. The minimum Gasteiger partial charge on any atom is -0.478 e. The fraction of sp³-hybridized carbons (Fsp3) is 0.424. The Labute approximate surface area is 232 Å². The Morgan fingerprint density at radius 1 is 1.05 bits per heavy atom. The molecule has 0 fully saturated rings. The van der Waals surface area contributed by atoms with Crippen molar-refractivity contribution in [2.45, 2.75) is 78.0 Å². The van der Waals surface area contributed by atoms with Crippen LogP contribution in [0.15, 0.2) is 60.7 Å². The van der Waals surface area contributed by atoms with Crippen LogP contribution < -0.4 is 5.32 Å². The summed E-state index contributed by atoms with van der Waals surface area (Å²) in [6.45, 7) is 12.3. The molecule has 3 rings (SSSR count). The molecule has 0 saturated heterocycles. The van der Waals surface area contributed by atoms with Gasteiger partial charge >= 0.3 is 5.97 Å². The molecule has 0 aliphatic carbocycles. The van der Waals surface area contributed by atoms with Gasteiger partial charge in [0.15, 0.2) is 0 Å². The molecule has 0 aromatic heterocycles. The molecule has 5 nitrogen and oxygen atoms in total. The van der Waals surface area contributed by atoms with Gasteiger partial charge in [0.2, 0.25) is 0 Å². The Balaban J connectivity index is 1.65. The first-order chi connectivity index (χ1) is 18.4. The monoisotopic (exact) mass is 535 g/mol. The molecule has 210 valence electrons. The fourth-order valence-corrected chi connectivity index (χ4v) is 4.78. The molecule has 39 heavy (non-hydrogen) atoms. The first-order valence-corrected chi connectivity index (χ1v) is 13.7. The number of aromatic carboxylic acids is 1. The Morgan fingerprint density at radius 3 is 2.44 bits per heavy atom. The largest absolute Gasteiger partial charge is 0.478 e. The third-order valence-electron chi connectivity index (χ3n) is 7.37. The molecule has 3 aromatic carbocycles. The lowest BCUT2D eigenvalue weighted by Crippen LogP contribution is -2.46. The summed E-state index contributed by atoms with van der Waals surface area (Å²) in [6, 6.07) is 18.7. The first kappa shape index (κ1) is 30.5. The lowest BCUT2D eigenvalue weighted by Gasteiger charge is -2.28. The summed E-state index contributed by atoms with van der Waals surface area (Å²) in [5.41, 5.74) is 5.24. The molecular weight excluding hydrogens is 493 g/mol. The smallest absolute Gasteiger partial charge is 0.335 e. The summed E-state index contributed by atoms with van der Waals surface area (Å²) in [6.07, 6.45) is 0.460. The molecule has 0 heterocycles. The standard InChI is InChI=1S/C33H42FNO4/c1-7-21(2)30-17-25(14-15-29(30)32(37)38)28-11-9-8-10-27(28)23(4)39-20-26(36)19-35-33(5,6)18-24-13-12-22(3)31(34)16-24/h8-17,21,23,26,35-36H,7,18-20H2,1-6H3,(H,37,38)/t21?,23-,26-/m1/s1. The van der Waals surface area contributed by atoms with Crippen LogP contribution in [0.1, 0.15) is 85.7 Å². The van der Waals surface area contributed by atoms with Gasteiger partial charge < -0.3 is 20.3 Å². The van der Waals surface area contributed by atoms with Crippen LogP contribution in [0.2, 0.25) is 0 Å². The quantitative estimate of drug-likeness (QED) is 0.218. The van der Waals surface area contributed by atoms with Crippen molar-refractivity contribution >= 4 is 5.97 Å². The van der Waals surface area contributed by atoms with E-state index in [9.17, 15) is 19.4 Å². The molecule has 3 atom stereocenters. The van der Waals surface area contributed by atoms with E-state index < -0.39 is 12.1 Å². The maximum Gasteiger partial charge on any atom is 0.335 e. The number of ether oxygens (including phenoxy) is 1. The Bertz CT molecular complexity index is 1270. The zero-order chi connectivity index (χ0) is 28.7. The lowest BCUT2D eigenvalue weighted by molar-refractivity contribution is -0.00397. The normalized spacial score (nSPS) is 14.2. The van der Waals surface area contributed by atoms with Crippen molar-refractivity contribution in [2.24, 2.45) is 0 Å². The van der Waals surface area contributed by atoms with E-state index in [4.69, 9.17) is 4.74 Å². The second-order valence-electron chi connectivity index (χ2n) is 11.2. The van der Waals surface area contributed by atoms with E-state index in [1.54, 1.807) is 25.1 Å². The number of carboxylic acids is 1. The van der Waals surface area contributed by atoms with Gasteiger partial charge in [-0.1, -0.05) is 62.4 Å². The van der Waals surface area contributed by atoms with Gasteiger partial charge in [-0.15, -0.1) is 0 Å². The molecule has 0 saturated carbocycles. The van der Waals surface area contributed by atoms with E-state index in [1.807, 2.05) is 70.2 Å². The number of nitrogens with one attached hydrogen (secondary N) is 1. The molecule has 0 aliphatic heterocycles. The third kappa shape index (κ3) is 8.21. The molecule has 0 amide bonds. The number of aliphatic hydroxyl groups is 1. The van der Waals surface area contributed by atoms with Gasteiger partial charge in [-0.25, -0.2) is 9.18 Å². The van der Waals surface area contributed by atoms with Gasteiger partial charge in [-0.2, -0.15) is 0 Å². The van der Waals surface area contributed by atoms with Gasteiger partial charge in [0.25, 0.3) is 0 Å². The minimum absolute atomic E-state index is 0.119. The number of aryl methyl sites for hydroxylation is 1. The van der Waals surface area contributed by atoms with Crippen LogP contribution in [-0.2, 0) is 11.2 Å². The second kappa shape index (κ2) is 13.3. The molecular formula is C33H42FNO4. The van der Waals surface area contributed by atoms with Crippen LogP contribution in [0.25, 0.3) is 11.1 Å². The fourth-order valence-electron chi connectivity index (χ4n) is 4.78. The maximum atomic E-state index is 13.9. The number of halogens is 1. The van der Waals surface area contributed by atoms with E-state index in [0.29, 0.717) is 24.1 Å². The maximum absolute atomic E-state index is 13.9. The molecule has 0 aliphatic rings. The zero-order valence-electron chi connectivity index (χ0n) is 23.9. The summed E-state index contributed by atoms with van der Waals surface area (Å²) in [5, 5.41) is 23.7. The Morgan fingerprint density at radius 2 is 1.77 bits per heavy atom. The topological polar surface area (TPSA) is 78.8 Å². The third-order valence-corrected chi connectivity index (χ3v) is 7.37. The van der Waals surface area contributed by atoms with E-state index in [0.717, 1.165) is 34.2 Å². The molecule has 6 heteroatoms. The minimum atomic E-state index is -0.918. The van der Waals surface area contributed by atoms with Crippen LogP contribution >= 0.6 is 0 Å². The SMILES string of the molecule is CCC(C)c1cc(-c2ccccc2[C@@H](C)OC[C@H](O)CNC(C)(C)Cc2ccc(C)c(F)c2)ccc1C(=O)O. The number of rotatable bonds is 13. The summed E-state index contributed by atoms with van der Waals surface area (Å²) < 4.78 is 20.0. The highest BCUT2D eigenvalue weighted by molar-refractivity contribution is 5.90. The van der Waals surface area contributed by atoms with Crippen molar-refractivity contribution in [1.82, 2.24) is 5.32 Å². The Hall–Kier alpha value is -3.06. The summed E-state index contributed by atoms with van der Waals surface area (Å²) in [4.78, 5) is 11.8. The summed E-state index contributed by atoms with van der Waals surface area (Å²) in [7, 11) is 0. The van der Waals surface area contributed by atoms with Crippen LogP contribution in [-0.4, -0.2) is 41.0 Å². The average molecular weight is 536 g/mol. The molecule has 0 bridgehead atoms. The predicted octanol–water partition coefficient (Wildman–Crippen LogP) is 7.06. The number of hydrogen-bond acceptors (Lipinski definition) is 4. The number of hydrogen-bond donors (Lipinski definition) is 3. The van der Waals surface area contributed by atoms with Crippen LogP contribution in [0.5, 0.6) is 0 Å². The molecule has 0 spiro atoms. The molecule has 0 radical (unpaired) electrons. The van der Waals surface area contributed by atoms with E-state index in [1.165, 1.54) is 0 Å².